The lowest BCUT2D eigenvalue weighted by atomic mass is 9.97. The minimum atomic E-state index is 0.496. The molecule has 2 unspecified atom stereocenters. The van der Waals surface area contributed by atoms with Crippen LogP contribution in [0.1, 0.15) is 44.7 Å². The Kier molecular flexibility index (Phi) is 3.88. The van der Waals surface area contributed by atoms with Crippen molar-refractivity contribution in [2.75, 3.05) is 11.4 Å². The molecular weight excluding hydrogens is 248 g/mol. The molecule has 106 valence electrons. The van der Waals surface area contributed by atoms with Gasteiger partial charge in [0.1, 0.15) is 11.8 Å². The van der Waals surface area contributed by atoms with Gasteiger partial charge in [0.25, 0.3) is 0 Å². The van der Waals surface area contributed by atoms with Gasteiger partial charge < -0.3 is 10.2 Å². The van der Waals surface area contributed by atoms with Crippen molar-refractivity contribution in [3.8, 4) is 6.07 Å². The molecule has 2 bridgehead atoms. The minimum absolute atomic E-state index is 0.496. The van der Waals surface area contributed by atoms with Crippen LogP contribution in [0.5, 0.6) is 0 Å². The van der Waals surface area contributed by atoms with Gasteiger partial charge in [0.05, 0.1) is 11.9 Å². The van der Waals surface area contributed by atoms with E-state index < -0.39 is 0 Å². The summed E-state index contributed by atoms with van der Waals surface area (Å²) in [6.07, 6.45) is 8.12. The molecule has 3 rings (SSSR count). The van der Waals surface area contributed by atoms with Crippen molar-refractivity contribution in [1.82, 2.24) is 10.3 Å². The second kappa shape index (κ2) is 5.80. The van der Waals surface area contributed by atoms with Crippen LogP contribution in [0.25, 0.3) is 0 Å². The summed E-state index contributed by atoms with van der Waals surface area (Å²) in [6.45, 7) is 3.29. The molecule has 0 saturated carbocycles. The number of anilines is 1. The zero-order chi connectivity index (χ0) is 13.9. The molecule has 0 aromatic carbocycles. The maximum absolute atomic E-state index is 8.86. The first-order valence-electron chi connectivity index (χ1n) is 7.69. The van der Waals surface area contributed by atoms with Gasteiger partial charge in [-0.1, -0.05) is 6.92 Å². The van der Waals surface area contributed by atoms with E-state index >= 15 is 0 Å². The summed E-state index contributed by atoms with van der Waals surface area (Å²) in [5.41, 5.74) is 1.66. The van der Waals surface area contributed by atoms with Gasteiger partial charge in [0.2, 0.25) is 0 Å². The molecule has 1 aromatic rings. The summed E-state index contributed by atoms with van der Waals surface area (Å²) in [4.78, 5) is 6.73. The first-order chi connectivity index (χ1) is 9.80. The van der Waals surface area contributed by atoms with E-state index in [4.69, 9.17) is 5.26 Å². The van der Waals surface area contributed by atoms with Crippen LogP contribution in [0, 0.1) is 11.3 Å². The lowest BCUT2D eigenvalue weighted by Crippen LogP contribution is -2.48. The third-order valence-electron chi connectivity index (χ3n) is 4.55. The molecule has 0 radical (unpaired) electrons. The molecule has 3 heterocycles. The van der Waals surface area contributed by atoms with E-state index in [1.807, 2.05) is 18.3 Å². The maximum atomic E-state index is 8.86. The number of rotatable bonds is 4. The van der Waals surface area contributed by atoms with Gasteiger partial charge in [-0.2, -0.15) is 5.26 Å². The predicted octanol–water partition coefficient (Wildman–Crippen LogP) is 2.45. The van der Waals surface area contributed by atoms with Crippen LogP contribution in [0.15, 0.2) is 18.3 Å². The van der Waals surface area contributed by atoms with Crippen LogP contribution in [0.2, 0.25) is 0 Å². The highest BCUT2D eigenvalue weighted by Crippen LogP contribution is 2.32. The highest BCUT2D eigenvalue weighted by Gasteiger charge is 2.36. The van der Waals surface area contributed by atoms with Gasteiger partial charge >= 0.3 is 0 Å². The van der Waals surface area contributed by atoms with Crippen LogP contribution in [-0.4, -0.2) is 29.7 Å². The minimum Gasteiger partial charge on any atom is -0.367 e. The number of nitrogens with zero attached hydrogens (tertiary/aromatic N) is 3. The van der Waals surface area contributed by atoms with Crippen LogP contribution >= 0.6 is 0 Å². The van der Waals surface area contributed by atoms with Crippen molar-refractivity contribution >= 4 is 5.69 Å². The quantitative estimate of drug-likeness (QED) is 0.913. The molecule has 1 N–H and O–H groups in total. The molecule has 0 amide bonds. The van der Waals surface area contributed by atoms with Crippen molar-refractivity contribution in [2.45, 2.75) is 57.2 Å². The number of nitrogens with one attached hydrogen (secondary N) is 1. The van der Waals surface area contributed by atoms with Crippen molar-refractivity contribution in [3.05, 3.63) is 24.0 Å². The lowest BCUT2D eigenvalue weighted by Gasteiger charge is -2.39. The summed E-state index contributed by atoms with van der Waals surface area (Å²) in [5.74, 6) is 0. The van der Waals surface area contributed by atoms with E-state index in [1.54, 1.807) is 0 Å². The third-order valence-corrected chi connectivity index (χ3v) is 4.55. The van der Waals surface area contributed by atoms with E-state index in [0.29, 0.717) is 23.8 Å². The molecule has 1 aromatic heterocycles. The standard InChI is InChI=1S/C16H22N4/c1-2-7-20(15-6-5-14(10-17)18-11-15)16-8-12-3-4-13(9-16)19-12/h5-6,11-13,16,19H,2-4,7-9H2,1H3. The smallest absolute Gasteiger partial charge is 0.140 e. The van der Waals surface area contributed by atoms with Crippen LogP contribution in [-0.2, 0) is 0 Å². The van der Waals surface area contributed by atoms with E-state index in [0.717, 1.165) is 18.7 Å². The molecule has 4 heteroatoms. The fraction of sp³-hybridized carbons (Fsp3) is 0.625. The van der Waals surface area contributed by atoms with E-state index in [-0.39, 0.29) is 0 Å². The topological polar surface area (TPSA) is 52.0 Å². The zero-order valence-corrected chi connectivity index (χ0v) is 12.0. The molecular formula is C16H22N4. The van der Waals surface area contributed by atoms with Crippen LogP contribution in [0.3, 0.4) is 0 Å². The molecule has 2 aliphatic heterocycles. The van der Waals surface area contributed by atoms with Crippen molar-refractivity contribution in [1.29, 1.82) is 5.26 Å². The van der Waals surface area contributed by atoms with Gasteiger partial charge in [-0.15, -0.1) is 0 Å². The number of piperidine rings is 1. The average molecular weight is 270 g/mol. The van der Waals surface area contributed by atoms with Crippen molar-refractivity contribution < 1.29 is 0 Å². The molecule has 2 fully saturated rings. The van der Waals surface area contributed by atoms with Gasteiger partial charge in [0, 0.05) is 24.7 Å². The summed E-state index contributed by atoms with van der Waals surface area (Å²) >= 11 is 0. The Bertz CT molecular complexity index is 478. The molecule has 20 heavy (non-hydrogen) atoms. The third kappa shape index (κ3) is 2.64. The Morgan fingerprint density at radius 1 is 1.35 bits per heavy atom. The normalized spacial score (nSPS) is 28.1. The Hall–Kier alpha value is -1.60. The van der Waals surface area contributed by atoms with Crippen LogP contribution in [0.4, 0.5) is 5.69 Å². The first kappa shape index (κ1) is 13.4. The summed E-state index contributed by atoms with van der Waals surface area (Å²) in [7, 11) is 0. The summed E-state index contributed by atoms with van der Waals surface area (Å²) < 4.78 is 0. The van der Waals surface area contributed by atoms with Crippen molar-refractivity contribution in [3.63, 3.8) is 0 Å². The number of hydrogen-bond acceptors (Lipinski definition) is 4. The highest BCUT2D eigenvalue weighted by molar-refractivity contribution is 5.47. The average Bonchev–Trinajstić information content (AvgIpc) is 2.83. The SMILES string of the molecule is CCCN(c1ccc(C#N)nc1)C1CC2CCC(C1)N2. The number of nitriles is 1. The Morgan fingerprint density at radius 2 is 2.10 bits per heavy atom. The van der Waals surface area contributed by atoms with Gasteiger partial charge in [0.15, 0.2) is 0 Å². The number of pyridine rings is 1. The highest BCUT2D eigenvalue weighted by atomic mass is 15.2. The summed E-state index contributed by atoms with van der Waals surface area (Å²) in [6, 6.07) is 7.97. The number of aromatic nitrogens is 1. The Balaban J connectivity index is 1.79. The Morgan fingerprint density at radius 3 is 2.65 bits per heavy atom. The van der Waals surface area contributed by atoms with E-state index in [1.165, 1.54) is 25.7 Å². The molecule has 2 saturated heterocycles. The molecule has 2 atom stereocenters. The van der Waals surface area contributed by atoms with Gasteiger partial charge in [-0.3, -0.25) is 0 Å². The second-order valence-electron chi connectivity index (χ2n) is 5.97. The monoisotopic (exact) mass is 270 g/mol. The fourth-order valence-electron chi connectivity index (χ4n) is 3.67. The zero-order valence-electron chi connectivity index (χ0n) is 12.0. The lowest BCUT2D eigenvalue weighted by molar-refractivity contribution is 0.346. The predicted molar refractivity (Wildman–Crippen MR) is 79.6 cm³/mol. The fourth-order valence-corrected chi connectivity index (χ4v) is 3.67. The maximum Gasteiger partial charge on any atom is 0.140 e. The largest absolute Gasteiger partial charge is 0.367 e. The summed E-state index contributed by atoms with van der Waals surface area (Å²) in [5, 5.41) is 12.6. The second-order valence-corrected chi connectivity index (χ2v) is 5.97. The molecule has 2 aliphatic rings. The van der Waals surface area contributed by atoms with Gasteiger partial charge in [-0.05, 0) is 44.2 Å². The van der Waals surface area contributed by atoms with Crippen molar-refractivity contribution in [2.24, 2.45) is 0 Å². The van der Waals surface area contributed by atoms with Gasteiger partial charge in [-0.25, -0.2) is 4.98 Å². The first-order valence-corrected chi connectivity index (χ1v) is 7.69. The Labute approximate surface area is 120 Å². The number of fused-ring (bicyclic) bond motifs is 2. The van der Waals surface area contributed by atoms with E-state index in [2.05, 4.69) is 28.2 Å². The van der Waals surface area contributed by atoms with E-state index in [9.17, 15) is 0 Å². The number of hydrogen-bond donors (Lipinski definition) is 1. The molecule has 0 aliphatic carbocycles. The molecule has 4 nitrogen and oxygen atoms in total. The van der Waals surface area contributed by atoms with Crippen LogP contribution < -0.4 is 10.2 Å². The molecule has 0 spiro atoms.